The SMILES string of the molecule is O=C1Nc2ncc(-c3ccsc3)cc2/C1=C/Nc1ccc(O)c2ccccc12. The molecule has 2 aromatic heterocycles. The lowest BCUT2D eigenvalue weighted by Gasteiger charge is -2.08. The third-order valence-electron chi connectivity index (χ3n) is 4.78. The smallest absolute Gasteiger partial charge is 0.259 e. The number of hydrogen-bond donors (Lipinski definition) is 3. The number of nitrogens with zero attached hydrogens (tertiary/aromatic N) is 1. The maximum atomic E-state index is 12.5. The van der Waals surface area contributed by atoms with Crippen molar-refractivity contribution in [3.05, 3.63) is 77.3 Å². The second-order valence-electron chi connectivity index (χ2n) is 6.47. The van der Waals surface area contributed by atoms with E-state index in [1.54, 1.807) is 35.9 Å². The molecule has 0 bridgehead atoms. The van der Waals surface area contributed by atoms with Gasteiger partial charge in [-0.1, -0.05) is 24.3 Å². The molecule has 0 saturated carbocycles. The number of carbonyl (C=O) groups excluding carboxylic acids is 1. The highest BCUT2D eigenvalue weighted by atomic mass is 32.1. The average Bonchev–Trinajstić information content (AvgIpc) is 3.35. The summed E-state index contributed by atoms with van der Waals surface area (Å²) < 4.78 is 0. The first kappa shape index (κ1) is 16.5. The first-order valence-electron chi connectivity index (χ1n) is 8.72. The average molecular weight is 385 g/mol. The van der Waals surface area contributed by atoms with Gasteiger partial charge in [0.25, 0.3) is 5.91 Å². The van der Waals surface area contributed by atoms with Crippen molar-refractivity contribution in [2.24, 2.45) is 0 Å². The van der Waals surface area contributed by atoms with Gasteiger partial charge in [-0.15, -0.1) is 0 Å². The minimum Gasteiger partial charge on any atom is -0.507 e. The van der Waals surface area contributed by atoms with Crippen LogP contribution in [0.25, 0.3) is 27.5 Å². The normalized spacial score (nSPS) is 14.3. The lowest BCUT2D eigenvalue weighted by atomic mass is 10.0. The lowest BCUT2D eigenvalue weighted by Crippen LogP contribution is -2.05. The zero-order chi connectivity index (χ0) is 19.1. The summed E-state index contributed by atoms with van der Waals surface area (Å²) in [5, 5.41) is 21.8. The van der Waals surface area contributed by atoms with E-state index in [1.165, 1.54) is 0 Å². The molecule has 1 amide bonds. The van der Waals surface area contributed by atoms with Crippen LogP contribution < -0.4 is 10.6 Å². The van der Waals surface area contributed by atoms with Crippen molar-refractivity contribution >= 4 is 45.1 Å². The molecule has 0 unspecified atom stereocenters. The molecule has 0 saturated heterocycles. The number of amides is 1. The third kappa shape index (κ3) is 2.71. The number of aromatic nitrogens is 1. The van der Waals surface area contributed by atoms with Gasteiger partial charge in [-0.3, -0.25) is 4.79 Å². The molecule has 4 aromatic rings. The number of anilines is 2. The predicted octanol–water partition coefficient (Wildman–Crippen LogP) is 5.07. The van der Waals surface area contributed by atoms with E-state index in [0.717, 1.165) is 33.2 Å². The Bertz CT molecular complexity index is 1250. The molecule has 0 fully saturated rings. The van der Waals surface area contributed by atoms with E-state index in [0.29, 0.717) is 11.4 Å². The number of thiophene rings is 1. The fraction of sp³-hybridized carbons (Fsp3) is 0. The Morgan fingerprint density at radius 3 is 2.75 bits per heavy atom. The zero-order valence-corrected chi connectivity index (χ0v) is 15.5. The monoisotopic (exact) mass is 385 g/mol. The maximum Gasteiger partial charge on any atom is 0.259 e. The standard InChI is InChI=1S/C22H15N3O2S/c26-20-6-5-19(15-3-1-2-4-16(15)20)23-11-18-17-9-14(13-7-8-28-12-13)10-24-21(17)25-22(18)27/h1-12,23,26H,(H,24,25,27)/b18-11-. The molecule has 5 rings (SSSR count). The molecule has 5 nitrogen and oxygen atoms in total. The van der Waals surface area contributed by atoms with Gasteiger partial charge < -0.3 is 15.7 Å². The molecule has 136 valence electrons. The van der Waals surface area contributed by atoms with Gasteiger partial charge in [0.2, 0.25) is 0 Å². The highest BCUT2D eigenvalue weighted by Gasteiger charge is 2.26. The first-order valence-corrected chi connectivity index (χ1v) is 9.67. The quantitative estimate of drug-likeness (QED) is 0.340. The summed E-state index contributed by atoms with van der Waals surface area (Å²) in [5.41, 5.74) is 4.15. The maximum absolute atomic E-state index is 12.5. The van der Waals surface area contributed by atoms with E-state index >= 15 is 0 Å². The highest BCUT2D eigenvalue weighted by Crippen LogP contribution is 2.35. The molecular formula is C22H15N3O2S. The Labute approximate surface area is 165 Å². The van der Waals surface area contributed by atoms with Crippen LogP contribution in [0.15, 0.2) is 71.7 Å². The topological polar surface area (TPSA) is 74.2 Å². The number of aromatic hydroxyl groups is 1. The van der Waals surface area contributed by atoms with Gasteiger partial charge in [-0.25, -0.2) is 4.98 Å². The van der Waals surface area contributed by atoms with E-state index in [1.807, 2.05) is 41.8 Å². The molecule has 0 spiro atoms. The van der Waals surface area contributed by atoms with Crippen LogP contribution >= 0.6 is 11.3 Å². The summed E-state index contributed by atoms with van der Waals surface area (Å²) in [7, 11) is 0. The van der Waals surface area contributed by atoms with Crippen LogP contribution in [0.3, 0.4) is 0 Å². The molecule has 3 heterocycles. The lowest BCUT2D eigenvalue weighted by molar-refractivity contribution is -0.110. The molecule has 1 aliphatic rings. The zero-order valence-electron chi connectivity index (χ0n) is 14.6. The number of rotatable bonds is 3. The molecule has 0 atom stereocenters. The van der Waals surface area contributed by atoms with Gasteiger partial charge in [0, 0.05) is 40.0 Å². The number of carbonyl (C=O) groups is 1. The van der Waals surface area contributed by atoms with Crippen LogP contribution in [0.4, 0.5) is 11.5 Å². The summed E-state index contributed by atoms with van der Waals surface area (Å²) in [4.78, 5) is 16.9. The van der Waals surface area contributed by atoms with Crippen LogP contribution in [0.5, 0.6) is 5.75 Å². The van der Waals surface area contributed by atoms with Crippen molar-refractivity contribution < 1.29 is 9.90 Å². The van der Waals surface area contributed by atoms with Crippen molar-refractivity contribution in [3.8, 4) is 16.9 Å². The summed E-state index contributed by atoms with van der Waals surface area (Å²) in [6, 6.07) is 15.0. The number of nitrogens with one attached hydrogen (secondary N) is 2. The van der Waals surface area contributed by atoms with Crippen LogP contribution in [0.2, 0.25) is 0 Å². The molecule has 28 heavy (non-hydrogen) atoms. The Morgan fingerprint density at radius 1 is 1.07 bits per heavy atom. The Morgan fingerprint density at radius 2 is 1.93 bits per heavy atom. The first-order chi connectivity index (χ1) is 13.7. The number of fused-ring (bicyclic) bond motifs is 2. The van der Waals surface area contributed by atoms with Crippen molar-refractivity contribution in [1.29, 1.82) is 0 Å². The molecule has 1 aliphatic heterocycles. The fourth-order valence-electron chi connectivity index (χ4n) is 3.36. The number of pyridine rings is 1. The molecule has 3 N–H and O–H groups in total. The van der Waals surface area contributed by atoms with Crippen LogP contribution in [-0.2, 0) is 4.79 Å². The van der Waals surface area contributed by atoms with Crippen molar-refractivity contribution in [2.75, 3.05) is 10.6 Å². The van der Waals surface area contributed by atoms with Crippen molar-refractivity contribution in [3.63, 3.8) is 0 Å². The second kappa shape index (κ2) is 6.51. The molecule has 0 aliphatic carbocycles. The van der Waals surface area contributed by atoms with Gasteiger partial charge in [-0.05, 0) is 40.6 Å². The summed E-state index contributed by atoms with van der Waals surface area (Å²) in [5.74, 6) is 0.593. The third-order valence-corrected chi connectivity index (χ3v) is 5.47. The van der Waals surface area contributed by atoms with Gasteiger partial charge in [0.1, 0.15) is 11.6 Å². The second-order valence-corrected chi connectivity index (χ2v) is 7.25. The Hall–Kier alpha value is -3.64. The highest BCUT2D eigenvalue weighted by molar-refractivity contribution is 7.08. The molecule has 2 aromatic carbocycles. The number of phenolic OH excluding ortho intramolecular Hbond substituents is 1. The van der Waals surface area contributed by atoms with Crippen molar-refractivity contribution in [2.45, 2.75) is 0 Å². The summed E-state index contributed by atoms with van der Waals surface area (Å²) in [6.07, 6.45) is 3.46. The number of hydrogen-bond acceptors (Lipinski definition) is 5. The number of phenols is 1. The van der Waals surface area contributed by atoms with Crippen LogP contribution in [0.1, 0.15) is 5.56 Å². The van der Waals surface area contributed by atoms with Crippen molar-refractivity contribution in [1.82, 2.24) is 4.98 Å². The molecule has 0 radical (unpaired) electrons. The predicted molar refractivity (Wildman–Crippen MR) is 113 cm³/mol. The van der Waals surface area contributed by atoms with E-state index in [9.17, 15) is 9.90 Å². The van der Waals surface area contributed by atoms with E-state index in [4.69, 9.17) is 0 Å². The van der Waals surface area contributed by atoms with Gasteiger partial charge in [-0.2, -0.15) is 11.3 Å². The summed E-state index contributed by atoms with van der Waals surface area (Å²) >= 11 is 1.62. The largest absolute Gasteiger partial charge is 0.507 e. The Balaban J connectivity index is 1.55. The fourth-order valence-corrected chi connectivity index (χ4v) is 4.02. The molecule has 6 heteroatoms. The van der Waals surface area contributed by atoms with Crippen LogP contribution in [0, 0.1) is 0 Å². The van der Waals surface area contributed by atoms with Crippen LogP contribution in [-0.4, -0.2) is 16.0 Å². The number of benzene rings is 2. The molecular weight excluding hydrogens is 370 g/mol. The Kier molecular flexibility index (Phi) is 3.84. The van der Waals surface area contributed by atoms with E-state index < -0.39 is 0 Å². The van der Waals surface area contributed by atoms with E-state index in [2.05, 4.69) is 21.0 Å². The van der Waals surface area contributed by atoms with Gasteiger partial charge >= 0.3 is 0 Å². The summed E-state index contributed by atoms with van der Waals surface area (Å²) in [6.45, 7) is 0. The van der Waals surface area contributed by atoms with Gasteiger partial charge in [0.05, 0.1) is 5.57 Å². The van der Waals surface area contributed by atoms with E-state index in [-0.39, 0.29) is 11.7 Å². The van der Waals surface area contributed by atoms with Gasteiger partial charge in [0.15, 0.2) is 0 Å². The minimum absolute atomic E-state index is 0.194. The minimum atomic E-state index is -0.194.